The normalized spacial score (nSPS) is 10.8. The third kappa shape index (κ3) is 2.90. The van der Waals surface area contributed by atoms with Gasteiger partial charge in [-0.3, -0.25) is 0 Å². The quantitative estimate of drug-likeness (QED) is 0.746. The number of aryl methyl sites for hydroxylation is 1. The van der Waals surface area contributed by atoms with Gasteiger partial charge in [-0.15, -0.1) is 0 Å². The van der Waals surface area contributed by atoms with E-state index < -0.39 is 0 Å². The van der Waals surface area contributed by atoms with E-state index in [9.17, 15) is 0 Å². The maximum absolute atomic E-state index is 5.93. The van der Waals surface area contributed by atoms with Crippen LogP contribution in [0.25, 0.3) is 11.5 Å². The Morgan fingerprint density at radius 2 is 2.00 bits per heavy atom. The Balaban J connectivity index is 1.88. The average Bonchev–Trinajstić information content (AvgIpc) is 2.90. The van der Waals surface area contributed by atoms with Crippen molar-refractivity contribution in [2.24, 2.45) is 0 Å². The molecule has 3 rings (SSSR count). The first-order chi connectivity index (χ1) is 10.1. The fraction of sp³-hybridized carbons (Fsp3) is 0.125. The predicted octanol–water partition coefficient (Wildman–Crippen LogP) is 3.87. The first-order valence-electron chi connectivity index (χ1n) is 6.56. The lowest BCUT2D eigenvalue weighted by Crippen LogP contribution is -1.94. The minimum Gasteiger partial charge on any atom is -0.398 e. The molecule has 21 heavy (non-hydrogen) atoms. The average molecular weight is 300 g/mol. The highest BCUT2D eigenvalue weighted by atomic mass is 35.5. The van der Waals surface area contributed by atoms with Crippen LogP contribution in [0.15, 0.2) is 47.0 Å². The summed E-state index contributed by atoms with van der Waals surface area (Å²) >= 11 is 5.89. The molecule has 0 spiro atoms. The number of rotatable bonds is 3. The molecule has 0 radical (unpaired) electrons. The van der Waals surface area contributed by atoms with E-state index in [0.717, 1.165) is 0 Å². The summed E-state index contributed by atoms with van der Waals surface area (Å²) in [7, 11) is 0. The molecule has 1 aromatic heterocycles. The van der Waals surface area contributed by atoms with Crippen LogP contribution in [0, 0.1) is 6.92 Å². The van der Waals surface area contributed by atoms with Gasteiger partial charge in [0.2, 0.25) is 0 Å². The largest absolute Gasteiger partial charge is 0.398 e. The number of benzene rings is 2. The number of nitrogens with zero attached hydrogens (tertiary/aromatic N) is 2. The number of anilines is 1. The second-order valence-electron chi connectivity index (χ2n) is 4.85. The molecule has 5 heteroatoms. The van der Waals surface area contributed by atoms with Crippen molar-refractivity contribution in [3.05, 3.63) is 64.4 Å². The van der Waals surface area contributed by atoms with Crippen molar-refractivity contribution in [1.82, 2.24) is 10.1 Å². The number of hydrogen-bond donors (Lipinski definition) is 1. The molecule has 0 saturated carbocycles. The van der Waals surface area contributed by atoms with Gasteiger partial charge in [0.25, 0.3) is 5.89 Å². The van der Waals surface area contributed by atoms with Crippen molar-refractivity contribution in [3.63, 3.8) is 0 Å². The fourth-order valence-electron chi connectivity index (χ4n) is 2.14. The molecule has 4 nitrogen and oxygen atoms in total. The van der Waals surface area contributed by atoms with Crippen LogP contribution in [0.5, 0.6) is 0 Å². The first-order valence-corrected chi connectivity index (χ1v) is 6.94. The van der Waals surface area contributed by atoms with Crippen LogP contribution in [0.1, 0.15) is 17.0 Å². The Morgan fingerprint density at radius 1 is 1.19 bits per heavy atom. The molecule has 0 atom stereocenters. The summed E-state index contributed by atoms with van der Waals surface area (Å²) in [5, 5.41) is 4.60. The zero-order chi connectivity index (χ0) is 14.8. The van der Waals surface area contributed by atoms with Gasteiger partial charge in [0, 0.05) is 17.1 Å². The third-order valence-electron chi connectivity index (χ3n) is 3.32. The van der Waals surface area contributed by atoms with Gasteiger partial charge in [-0.05, 0) is 36.2 Å². The highest BCUT2D eigenvalue weighted by Crippen LogP contribution is 2.27. The molecule has 0 aliphatic heterocycles. The monoisotopic (exact) mass is 299 g/mol. The molecule has 2 aromatic carbocycles. The summed E-state index contributed by atoms with van der Waals surface area (Å²) in [5.41, 5.74) is 9.52. The van der Waals surface area contributed by atoms with Gasteiger partial charge in [-0.1, -0.05) is 41.0 Å². The van der Waals surface area contributed by atoms with E-state index in [1.165, 1.54) is 11.1 Å². The second kappa shape index (κ2) is 5.58. The van der Waals surface area contributed by atoms with Crippen LogP contribution >= 0.6 is 11.6 Å². The second-order valence-corrected chi connectivity index (χ2v) is 5.29. The maximum Gasteiger partial charge on any atom is 0.260 e. The minimum absolute atomic E-state index is 0.410. The van der Waals surface area contributed by atoms with Gasteiger partial charge in [0.05, 0.1) is 5.56 Å². The summed E-state index contributed by atoms with van der Waals surface area (Å²) < 4.78 is 5.30. The minimum atomic E-state index is 0.410. The lowest BCUT2D eigenvalue weighted by molar-refractivity contribution is 0.424. The van der Waals surface area contributed by atoms with Crippen LogP contribution in [0.4, 0.5) is 5.69 Å². The third-order valence-corrected chi connectivity index (χ3v) is 3.56. The molecule has 3 aromatic rings. The molecule has 0 aliphatic rings. The van der Waals surface area contributed by atoms with Crippen molar-refractivity contribution in [2.75, 3.05) is 5.73 Å². The zero-order valence-electron chi connectivity index (χ0n) is 11.5. The van der Waals surface area contributed by atoms with E-state index in [-0.39, 0.29) is 0 Å². The van der Waals surface area contributed by atoms with Gasteiger partial charge in [-0.2, -0.15) is 4.98 Å². The molecular weight excluding hydrogens is 286 g/mol. The summed E-state index contributed by atoms with van der Waals surface area (Å²) in [6.07, 6.45) is 0.629. The number of halogens is 1. The van der Waals surface area contributed by atoms with Crippen molar-refractivity contribution in [1.29, 1.82) is 0 Å². The number of nitrogen functional groups attached to an aromatic ring is 1. The number of nitrogens with two attached hydrogens (primary N) is 1. The number of hydrogen-bond acceptors (Lipinski definition) is 4. The molecule has 0 saturated heterocycles. The van der Waals surface area contributed by atoms with E-state index in [1.54, 1.807) is 18.2 Å². The first kappa shape index (κ1) is 13.6. The van der Waals surface area contributed by atoms with Crippen molar-refractivity contribution >= 4 is 17.3 Å². The smallest absolute Gasteiger partial charge is 0.260 e. The van der Waals surface area contributed by atoms with Crippen LogP contribution in [0.2, 0.25) is 5.02 Å². The number of aromatic nitrogens is 2. The van der Waals surface area contributed by atoms with E-state index in [2.05, 4.69) is 29.2 Å². The van der Waals surface area contributed by atoms with E-state index in [0.29, 0.717) is 34.4 Å². The summed E-state index contributed by atoms with van der Waals surface area (Å²) in [6, 6.07) is 13.3. The molecule has 2 N–H and O–H groups in total. The standard InChI is InChI=1S/C16H14ClN3O/c1-10-4-2-3-5-11(10)8-15-19-16(21-20-15)13-7-6-12(17)9-14(13)18/h2-7,9H,8,18H2,1H3. The van der Waals surface area contributed by atoms with E-state index in [4.69, 9.17) is 21.9 Å². The zero-order valence-corrected chi connectivity index (χ0v) is 12.3. The lowest BCUT2D eigenvalue weighted by atomic mass is 10.1. The van der Waals surface area contributed by atoms with E-state index in [1.807, 2.05) is 12.1 Å². The van der Waals surface area contributed by atoms with Gasteiger partial charge in [0.1, 0.15) is 0 Å². The summed E-state index contributed by atoms with van der Waals surface area (Å²) in [6.45, 7) is 2.06. The van der Waals surface area contributed by atoms with Gasteiger partial charge in [0.15, 0.2) is 5.82 Å². The Hall–Kier alpha value is -2.33. The highest BCUT2D eigenvalue weighted by molar-refractivity contribution is 6.31. The van der Waals surface area contributed by atoms with Crippen molar-refractivity contribution < 1.29 is 4.52 Å². The predicted molar refractivity (Wildman–Crippen MR) is 83.1 cm³/mol. The molecule has 106 valence electrons. The lowest BCUT2D eigenvalue weighted by Gasteiger charge is -2.01. The maximum atomic E-state index is 5.93. The van der Waals surface area contributed by atoms with Crippen LogP contribution in [-0.4, -0.2) is 10.1 Å². The fourth-order valence-corrected chi connectivity index (χ4v) is 2.32. The van der Waals surface area contributed by atoms with Crippen LogP contribution in [-0.2, 0) is 6.42 Å². The molecule has 0 aliphatic carbocycles. The van der Waals surface area contributed by atoms with E-state index >= 15 is 0 Å². The van der Waals surface area contributed by atoms with Gasteiger partial charge >= 0.3 is 0 Å². The molecule has 0 unspecified atom stereocenters. The highest BCUT2D eigenvalue weighted by Gasteiger charge is 2.13. The molecule has 0 amide bonds. The van der Waals surface area contributed by atoms with Crippen molar-refractivity contribution in [2.45, 2.75) is 13.3 Å². The van der Waals surface area contributed by atoms with Gasteiger partial charge in [-0.25, -0.2) is 0 Å². The SMILES string of the molecule is Cc1ccccc1Cc1noc(-c2ccc(Cl)cc2N)n1. The summed E-state index contributed by atoms with van der Waals surface area (Å²) in [5.74, 6) is 1.04. The Bertz CT molecular complexity index is 783. The molecule has 1 heterocycles. The Labute approximate surface area is 127 Å². The molecule has 0 bridgehead atoms. The Morgan fingerprint density at radius 3 is 2.76 bits per heavy atom. The van der Waals surface area contributed by atoms with Crippen molar-refractivity contribution in [3.8, 4) is 11.5 Å². The van der Waals surface area contributed by atoms with Crippen LogP contribution < -0.4 is 5.73 Å². The Kier molecular flexibility index (Phi) is 3.62. The van der Waals surface area contributed by atoms with Crippen LogP contribution in [0.3, 0.4) is 0 Å². The molecule has 0 fully saturated rings. The molecular formula is C16H14ClN3O. The topological polar surface area (TPSA) is 64.9 Å². The van der Waals surface area contributed by atoms with Gasteiger partial charge < -0.3 is 10.3 Å². The summed E-state index contributed by atoms with van der Waals surface area (Å²) in [4.78, 5) is 4.41.